The first kappa shape index (κ1) is 17.8. The number of rotatable bonds is 5. The number of carbonyl (C=O) groups excluding carboxylic acids is 2. The Labute approximate surface area is 149 Å². The van der Waals surface area contributed by atoms with Gasteiger partial charge in [0.25, 0.3) is 0 Å². The molecular weight excluding hydrogens is 316 g/mol. The van der Waals surface area contributed by atoms with Crippen molar-refractivity contribution >= 4 is 17.6 Å². The molecule has 0 spiro atoms. The third-order valence-corrected chi connectivity index (χ3v) is 5.29. The van der Waals surface area contributed by atoms with E-state index in [9.17, 15) is 9.59 Å². The molecule has 1 aliphatic heterocycles. The summed E-state index contributed by atoms with van der Waals surface area (Å²) in [5.41, 5.74) is 3.90. The van der Waals surface area contributed by atoms with Crippen LogP contribution in [0.1, 0.15) is 43.7 Å². The number of carbonyl (C=O) groups is 2. The summed E-state index contributed by atoms with van der Waals surface area (Å²) in [6, 6.07) is 6.34. The van der Waals surface area contributed by atoms with Gasteiger partial charge in [-0.25, -0.2) is 0 Å². The van der Waals surface area contributed by atoms with Crippen LogP contribution in [0.25, 0.3) is 0 Å². The van der Waals surface area contributed by atoms with E-state index in [0.717, 1.165) is 18.5 Å². The third-order valence-electron chi connectivity index (χ3n) is 5.29. The maximum atomic E-state index is 12.5. The summed E-state index contributed by atoms with van der Waals surface area (Å²) in [5, 5.41) is 3.34. The number of amides is 1. The molecule has 0 radical (unpaired) electrons. The van der Waals surface area contributed by atoms with E-state index in [-0.39, 0.29) is 17.8 Å². The van der Waals surface area contributed by atoms with Crippen molar-refractivity contribution < 1.29 is 14.3 Å². The number of anilines is 1. The minimum Gasteiger partial charge on any atom is -0.466 e. The maximum Gasteiger partial charge on any atom is 0.309 e. The molecule has 5 nitrogen and oxygen atoms in total. The van der Waals surface area contributed by atoms with Crippen LogP contribution in [-0.4, -0.2) is 43.0 Å². The van der Waals surface area contributed by atoms with E-state index in [2.05, 4.69) is 23.5 Å². The predicted molar refractivity (Wildman–Crippen MR) is 97.5 cm³/mol. The SMILES string of the molecule is CCOC(=O)C1CCN(C(=O)CNc2cccc3c2CCCC3)CC1. The Bertz CT molecular complexity index is 621. The molecule has 1 aromatic rings. The Morgan fingerprint density at radius 1 is 1.20 bits per heavy atom. The van der Waals surface area contributed by atoms with Crippen LogP contribution in [0.5, 0.6) is 0 Å². The third kappa shape index (κ3) is 4.33. The van der Waals surface area contributed by atoms with E-state index in [4.69, 9.17) is 4.74 Å². The molecule has 0 atom stereocenters. The number of benzene rings is 1. The second kappa shape index (κ2) is 8.37. The zero-order valence-corrected chi connectivity index (χ0v) is 15.1. The highest BCUT2D eigenvalue weighted by Gasteiger charge is 2.28. The lowest BCUT2D eigenvalue weighted by molar-refractivity contribution is -0.151. The Morgan fingerprint density at radius 2 is 1.96 bits per heavy atom. The quantitative estimate of drug-likeness (QED) is 0.835. The van der Waals surface area contributed by atoms with Gasteiger partial charge in [0.2, 0.25) is 5.91 Å². The van der Waals surface area contributed by atoms with Crippen molar-refractivity contribution in [3.05, 3.63) is 29.3 Å². The molecule has 1 amide bonds. The lowest BCUT2D eigenvalue weighted by Gasteiger charge is -2.31. The highest BCUT2D eigenvalue weighted by atomic mass is 16.5. The van der Waals surface area contributed by atoms with Gasteiger partial charge in [-0.2, -0.15) is 0 Å². The molecule has 1 aromatic carbocycles. The van der Waals surface area contributed by atoms with Gasteiger partial charge in [0.1, 0.15) is 0 Å². The molecule has 1 fully saturated rings. The summed E-state index contributed by atoms with van der Waals surface area (Å²) in [5.74, 6) is -0.0718. The van der Waals surface area contributed by atoms with Crippen LogP contribution >= 0.6 is 0 Å². The van der Waals surface area contributed by atoms with Gasteiger partial charge < -0.3 is 15.0 Å². The van der Waals surface area contributed by atoms with E-state index < -0.39 is 0 Å². The number of likely N-dealkylation sites (tertiary alicyclic amines) is 1. The van der Waals surface area contributed by atoms with Crippen molar-refractivity contribution in [3.63, 3.8) is 0 Å². The number of fused-ring (bicyclic) bond motifs is 1. The van der Waals surface area contributed by atoms with Gasteiger partial charge in [-0.1, -0.05) is 12.1 Å². The lowest BCUT2D eigenvalue weighted by atomic mass is 9.90. The molecule has 0 unspecified atom stereocenters. The minimum absolute atomic E-state index is 0.0573. The summed E-state index contributed by atoms with van der Waals surface area (Å²) in [7, 11) is 0. The average Bonchev–Trinajstić information content (AvgIpc) is 2.66. The number of hydrogen-bond acceptors (Lipinski definition) is 4. The summed E-state index contributed by atoms with van der Waals surface area (Å²) >= 11 is 0. The van der Waals surface area contributed by atoms with Gasteiger partial charge in [0.15, 0.2) is 0 Å². The first-order chi connectivity index (χ1) is 12.2. The number of esters is 1. The monoisotopic (exact) mass is 344 g/mol. The van der Waals surface area contributed by atoms with Crippen LogP contribution in [0, 0.1) is 5.92 Å². The van der Waals surface area contributed by atoms with E-state index in [1.54, 1.807) is 0 Å². The number of piperidine rings is 1. The second-order valence-corrected chi connectivity index (χ2v) is 6.91. The topological polar surface area (TPSA) is 58.6 Å². The van der Waals surface area contributed by atoms with Crippen molar-refractivity contribution in [1.29, 1.82) is 0 Å². The molecule has 5 heteroatoms. The number of nitrogens with zero attached hydrogens (tertiary/aromatic N) is 1. The zero-order valence-electron chi connectivity index (χ0n) is 15.1. The van der Waals surface area contributed by atoms with Gasteiger partial charge in [-0.05, 0) is 62.6 Å². The van der Waals surface area contributed by atoms with Gasteiger partial charge in [0.05, 0.1) is 19.1 Å². The smallest absolute Gasteiger partial charge is 0.309 e. The van der Waals surface area contributed by atoms with Gasteiger partial charge in [-0.15, -0.1) is 0 Å². The highest BCUT2D eigenvalue weighted by molar-refractivity contribution is 5.82. The number of aryl methyl sites for hydroxylation is 1. The molecule has 0 saturated carbocycles. The van der Waals surface area contributed by atoms with Crippen molar-refractivity contribution in [2.75, 3.05) is 31.6 Å². The van der Waals surface area contributed by atoms with E-state index in [1.165, 1.54) is 24.0 Å². The molecular formula is C20H28N2O3. The largest absolute Gasteiger partial charge is 0.466 e. The fraction of sp³-hybridized carbons (Fsp3) is 0.600. The molecule has 25 heavy (non-hydrogen) atoms. The van der Waals surface area contributed by atoms with Crippen molar-refractivity contribution in [2.24, 2.45) is 5.92 Å². The molecule has 136 valence electrons. The lowest BCUT2D eigenvalue weighted by Crippen LogP contribution is -2.43. The van der Waals surface area contributed by atoms with E-state index in [0.29, 0.717) is 39.1 Å². The highest BCUT2D eigenvalue weighted by Crippen LogP contribution is 2.27. The van der Waals surface area contributed by atoms with Crippen LogP contribution < -0.4 is 5.32 Å². The van der Waals surface area contributed by atoms with E-state index in [1.807, 2.05) is 11.8 Å². The molecule has 1 saturated heterocycles. The standard InChI is InChI=1S/C20H28N2O3/c1-2-25-20(24)16-10-12-22(13-11-16)19(23)14-21-18-9-5-7-15-6-3-4-8-17(15)18/h5,7,9,16,21H,2-4,6,8,10-14H2,1H3. The Morgan fingerprint density at radius 3 is 2.72 bits per heavy atom. The number of ether oxygens (including phenoxy) is 1. The fourth-order valence-electron chi connectivity index (χ4n) is 3.85. The molecule has 0 bridgehead atoms. The first-order valence-electron chi connectivity index (χ1n) is 9.48. The first-order valence-corrected chi connectivity index (χ1v) is 9.48. The molecule has 1 heterocycles. The minimum atomic E-state index is -0.122. The van der Waals surface area contributed by atoms with Crippen molar-refractivity contribution in [2.45, 2.75) is 45.4 Å². The average molecular weight is 344 g/mol. The van der Waals surface area contributed by atoms with Gasteiger partial charge >= 0.3 is 5.97 Å². The van der Waals surface area contributed by atoms with Crippen molar-refractivity contribution in [3.8, 4) is 0 Å². The van der Waals surface area contributed by atoms with Crippen LogP contribution in [0.3, 0.4) is 0 Å². The van der Waals surface area contributed by atoms with Crippen LogP contribution in [0.15, 0.2) is 18.2 Å². The van der Waals surface area contributed by atoms with Crippen LogP contribution in [0.2, 0.25) is 0 Å². The number of hydrogen-bond donors (Lipinski definition) is 1. The fourth-order valence-corrected chi connectivity index (χ4v) is 3.85. The summed E-state index contributed by atoms with van der Waals surface area (Å²) in [6.45, 7) is 3.84. The Kier molecular flexibility index (Phi) is 5.95. The maximum absolute atomic E-state index is 12.5. The molecule has 2 aliphatic rings. The van der Waals surface area contributed by atoms with Crippen LogP contribution in [-0.2, 0) is 27.2 Å². The molecule has 1 N–H and O–H groups in total. The number of nitrogens with one attached hydrogen (secondary N) is 1. The molecule has 3 rings (SSSR count). The summed E-state index contributed by atoms with van der Waals surface area (Å²) < 4.78 is 5.08. The normalized spacial score (nSPS) is 17.7. The van der Waals surface area contributed by atoms with Crippen molar-refractivity contribution in [1.82, 2.24) is 4.90 Å². The molecule has 0 aromatic heterocycles. The Hall–Kier alpha value is -2.04. The zero-order chi connectivity index (χ0) is 17.6. The van der Waals surface area contributed by atoms with Gasteiger partial charge in [0, 0.05) is 18.8 Å². The van der Waals surface area contributed by atoms with Gasteiger partial charge in [-0.3, -0.25) is 9.59 Å². The van der Waals surface area contributed by atoms with Crippen LogP contribution in [0.4, 0.5) is 5.69 Å². The molecule has 1 aliphatic carbocycles. The second-order valence-electron chi connectivity index (χ2n) is 6.91. The summed E-state index contributed by atoms with van der Waals surface area (Å²) in [6.07, 6.45) is 6.11. The van der Waals surface area contributed by atoms with E-state index >= 15 is 0 Å². The Balaban J connectivity index is 1.50. The summed E-state index contributed by atoms with van der Waals surface area (Å²) in [4.78, 5) is 26.1. The predicted octanol–water partition coefficient (Wildman–Crippen LogP) is 2.78.